The highest BCUT2D eigenvalue weighted by atomic mass is 19.1. The van der Waals surface area contributed by atoms with Gasteiger partial charge in [-0.1, -0.05) is 18.2 Å². The van der Waals surface area contributed by atoms with Gasteiger partial charge < -0.3 is 5.32 Å². The number of carbonyl (C=O) groups excluding carboxylic acids is 1. The SMILES string of the molecule is O=C(NCCn1ncc2c(=O)n(Cc3cccc(F)c3)cnc21)c1cccc(F)c1. The van der Waals surface area contributed by atoms with E-state index in [4.69, 9.17) is 0 Å². The molecule has 0 unspecified atom stereocenters. The fourth-order valence-electron chi connectivity index (χ4n) is 3.11. The predicted octanol–water partition coefficient (Wildman–Crippen LogP) is 2.35. The molecule has 0 aliphatic rings. The van der Waals surface area contributed by atoms with Gasteiger partial charge in [0.1, 0.15) is 23.3 Å². The van der Waals surface area contributed by atoms with Gasteiger partial charge in [0, 0.05) is 12.1 Å². The molecule has 1 N–H and O–H groups in total. The van der Waals surface area contributed by atoms with E-state index in [1.807, 2.05) is 0 Å². The summed E-state index contributed by atoms with van der Waals surface area (Å²) in [5, 5.41) is 7.18. The maximum atomic E-state index is 13.4. The standard InChI is InChI=1S/C21H17F2N5O2/c22-16-5-1-3-14(9-16)12-27-13-25-19-18(21(27)30)11-26-28(19)8-7-24-20(29)15-4-2-6-17(23)10-15/h1-6,9-11,13H,7-8,12H2,(H,24,29). The van der Waals surface area contributed by atoms with Crippen molar-refractivity contribution in [1.29, 1.82) is 0 Å². The molecule has 4 rings (SSSR count). The highest BCUT2D eigenvalue weighted by molar-refractivity contribution is 5.94. The maximum absolute atomic E-state index is 13.4. The third kappa shape index (κ3) is 4.09. The average Bonchev–Trinajstić information content (AvgIpc) is 3.14. The summed E-state index contributed by atoms with van der Waals surface area (Å²) in [6.07, 6.45) is 2.81. The molecule has 0 fully saturated rings. The molecule has 0 saturated heterocycles. The number of aromatic nitrogens is 4. The van der Waals surface area contributed by atoms with E-state index in [-0.39, 0.29) is 36.6 Å². The molecule has 0 bridgehead atoms. The second-order valence-electron chi connectivity index (χ2n) is 6.68. The molecule has 152 valence electrons. The van der Waals surface area contributed by atoms with Crippen molar-refractivity contribution >= 4 is 16.9 Å². The minimum Gasteiger partial charge on any atom is -0.350 e. The molecule has 2 heterocycles. The van der Waals surface area contributed by atoms with Crippen molar-refractivity contribution in [3.05, 3.63) is 94.2 Å². The summed E-state index contributed by atoms with van der Waals surface area (Å²) in [6.45, 7) is 0.694. The number of amides is 1. The Morgan fingerprint density at radius 3 is 2.60 bits per heavy atom. The molecule has 0 saturated carbocycles. The van der Waals surface area contributed by atoms with Crippen LogP contribution in [0.25, 0.3) is 11.0 Å². The zero-order valence-electron chi connectivity index (χ0n) is 15.8. The summed E-state index contributed by atoms with van der Waals surface area (Å²) in [5.74, 6) is -1.27. The lowest BCUT2D eigenvalue weighted by molar-refractivity contribution is 0.0951. The highest BCUT2D eigenvalue weighted by Gasteiger charge is 2.11. The van der Waals surface area contributed by atoms with Crippen molar-refractivity contribution in [2.24, 2.45) is 0 Å². The van der Waals surface area contributed by atoms with Gasteiger partial charge in [-0.25, -0.2) is 18.4 Å². The number of rotatable bonds is 6. The smallest absolute Gasteiger partial charge is 0.264 e. The van der Waals surface area contributed by atoms with Crippen molar-refractivity contribution in [3.63, 3.8) is 0 Å². The Hall–Kier alpha value is -3.88. The quantitative estimate of drug-likeness (QED) is 0.530. The van der Waals surface area contributed by atoms with Gasteiger partial charge in [0.05, 0.1) is 19.3 Å². The van der Waals surface area contributed by atoms with E-state index in [9.17, 15) is 18.4 Å². The Bertz CT molecular complexity index is 1280. The summed E-state index contributed by atoms with van der Waals surface area (Å²) in [6, 6.07) is 11.4. The molecule has 7 nitrogen and oxygen atoms in total. The Morgan fingerprint density at radius 2 is 1.83 bits per heavy atom. The molecule has 0 aliphatic carbocycles. The number of hydrogen-bond donors (Lipinski definition) is 1. The number of hydrogen-bond acceptors (Lipinski definition) is 4. The molecule has 1 amide bonds. The van der Waals surface area contributed by atoms with Crippen molar-refractivity contribution in [1.82, 2.24) is 24.6 Å². The normalized spacial score (nSPS) is 11.0. The number of carbonyl (C=O) groups is 1. The van der Waals surface area contributed by atoms with Gasteiger partial charge in [-0.3, -0.25) is 14.2 Å². The summed E-state index contributed by atoms with van der Waals surface area (Å²) in [7, 11) is 0. The van der Waals surface area contributed by atoms with Gasteiger partial charge in [0.25, 0.3) is 11.5 Å². The molecule has 30 heavy (non-hydrogen) atoms. The lowest BCUT2D eigenvalue weighted by Crippen LogP contribution is -2.28. The highest BCUT2D eigenvalue weighted by Crippen LogP contribution is 2.08. The third-order valence-corrected chi connectivity index (χ3v) is 4.56. The largest absolute Gasteiger partial charge is 0.350 e. The molecule has 0 spiro atoms. The topological polar surface area (TPSA) is 81.8 Å². The predicted molar refractivity (Wildman–Crippen MR) is 106 cm³/mol. The zero-order valence-corrected chi connectivity index (χ0v) is 15.8. The van der Waals surface area contributed by atoms with Crippen LogP contribution in [0, 0.1) is 11.6 Å². The molecular weight excluding hydrogens is 392 g/mol. The Labute approximate surface area is 169 Å². The van der Waals surface area contributed by atoms with Crippen molar-refractivity contribution in [2.45, 2.75) is 13.1 Å². The minimum absolute atomic E-state index is 0.189. The number of benzene rings is 2. The third-order valence-electron chi connectivity index (χ3n) is 4.56. The second kappa shape index (κ2) is 8.24. The first kappa shape index (κ1) is 19.4. The van der Waals surface area contributed by atoms with Crippen molar-refractivity contribution < 1.29 is 13.6 Å². The van der Waals surface area contributed by atoms with Crippen LogP contribution in [0.4, 0.5) is 8.78 Å². The van der Waals surface area contributed by atoms with Crippen LogP contribution in [-0.2, 0) is 13.1 Å². The van der Waals surface area contributed by atoms with Crippen LogP contribution in [0.2, 0.25) is 0 Å². The molecule has 0 aliphatic heterocycles. The van der Waals surface area contributed by atoms with Gasteiger partial charge in [-0.15, -0.1) is 0 Å². The Balaban J connectivity index is 1.46. The molecule has 0 atom stereocenters. The van der Waals surface area contributed by atoms with Gasteiger partial charge in [0.15, 0.2) is 5.65 Å². The van der Waals surface area contributed by atoms with Crippen LogP contribution < -0.4 is 10.9 Å². The van der Waals surface area contributed by atoms with E-state index in [2.05, 4.69) is 15.4 Å². The number of nitrogens with zero attached hydrogens (tertiary/aromatic N) is 4. The summed E-state index contributed by atoms with van der Waals surface area (Å²) < 4.78 is 29.5. The molecule has 4 aromatic rings. The summed E-state index contributed by atoms with van der Waals surface area (Å²) in [4.78, 5) is 29.1. The minimum atomic E-state index is -0.487. The van der Waals surface area contributed by atoms with Crippen LogP contribution in [0.5, 0.6) is 0 Å². The molecule has 0 radical (unpaired) electrons. The van der Waals surface area contributed by atoms with E-state index in [1.165, 1.54) is 52.1 Å². The average molecular weight is 409 g/mol. The number of halogens is 2. The van der Waals surface area contributed by atoms with Crippen LogP contribution in [0.3, 0.4) is 0 Å². The lowest BCUT2D eigenvalue weighted by Gasteiger charge is -2.08. The van der Waals surface area contributed by atoms with Crippen LogP contribution in [-0.4, -0.2) is 31.8 Å². The number of nitrogens with one attached hydrogen (secondary N) is 1. The summed E-state index contributed by atoms with van der Waals surface area (Å²) >= 11 is 0. The Morgan fingerprint density at radius 1 is 1.07 bits per heavy atom. The van der Waals surface area contributed by atoms with Gasteiger partial charge in [-0.2, -0.15) is 5.10 Å². The zero-order chi connectivity index (χ0) is 21.1. The first-order valence-electron chi connectivity index (χ1n) is 9.20. The monoisotopic (exact) mass is 409 g/mol. The summed E-state index contributed by atoms with van der Waals surface area (Å²) in [5.41, 5.74) is 0.958. The maximum Gasteiger partial charge on any atom is 0.264 e. The van der Waals surface area contributed by atoms with Crippen molar-refractivity contribution in [3.8, 4) is 0 Å². The first-order valence-corrected chi connectivity index (χ1v) is 9.20. The fourth-order valence-corrected chi connectivity index (χ4v) is 3.11. The van der Waals surface area contributed by atoms with E-state index in [0.717, 1.165) is 6.07 Å². The van der Waals surface area contributed by atoms with E-state index in [1.54, 1.807) is 12.1 Å². The van der Waals surface area contributed by atoms with Crippen LogP contribution in [0.1, 0.15) is 15.9 Å². The van der Waals surface area contributed by atoms with Crippen LogP contribution in [0.15, 0.2) is 65.8 Å². The fraction of sp³-hybridized carbons (Fsp3) is 0.143. The molecular formula is C21H17F2N5O2. The number of fused-ring (bicyclic) bond motifs is 1. The molecule has 2 aromatic carbocycles. The molecule has 2 aromatic heterocycles. The van der Waals surface area contributed by atoms with E-state index in [0.29, 0.717) is 16.6 Å². The molecule has 9 heteroatoms. The Kier molecular flexibility index (Phi) is 5.34. The van der Waals surface area contributed by atoms with Crippen LogP contribution >= 0.6 is 0 Å². The van der Waals surface area contributed by atoms with E-state index >= 15 is 0 Å². The second-order valence-corrected chi connectivity index (χ2v) is 6.68. The van der Waals surface area contributed by atoms with E-state index < -0.39 is 11.7 Å². The van der Waals surface area contributed by atoms with Gasteiger partial charge in [0.2, 0.25) is 0 Å². The van der Waals surface area contributed by atoms with Crippen molar-refractivity contribution in [2.75, 3.05) is 6.54 Å². The first-order chi connectivity index (χ1) is 14.5. The van der Waals surface area contributed by atoms with Gasteiger partial charge in [-0.05, 0) is 35.9 Å². The van der Waals surface area contributed by atoms with Gasteiger partial charge >= 0.3 is 0 Å². The lowest BCUT2D eigenvalue weighted by atomic mass is 10.2.